The van der Waals surface area contributed by atoms with Crippen molar-refractivity contribution in [2.45, 2.75) is 19.5 Å². The summed E-state index contributed by atoms with van der Waals surface area (Å²) in [4.78, 5) is 33.1. The second-order valence-electron chi connectivity index (χ2n) is 7.61. The summed E-state index contributed by atoms with van der Waals surface area (Å²) in [6, 6.07) is 15.2. The molecule has 33 heavy (non-hydrogen) atoms. The molecule has 0 aliphatic rings. The molecule has 170 valence electrons. The molecular formula is C25H25N3O5. The standard InChI is InChI=1S/C25H25N3O5/c1-16(23-26-21-10-6-5-9-19(21)24(29)27(23)2)28(15-18-8-7-13-33-18)25(30)20-12-11-17(31-3)14-22(20)32-4/h5-14,16H,15H2,1-4H3. The summed E-state index contributed by atoms with van der Waals surface area (Å²) in [6.45, 7) is 2.03. The van der Waals surface area contributed by atoms with Gasteiger partial charge in [-0.1, -0.05) is 12.1 Å². The van der Waals surface area contributed by atoms with Crippen LogP contribution in [0, 0.1) is 0 Å². The fourth-order valence-corrected chi connectivity index (χ4v) is 3.83. The molecule has 1 unspecified atom stereocenters. The largest absolute Gasteiger partial charge is 0.497 e. The third-order valence-electron chi connectivity index (χ3n) is 5.67. The van der Waals surface area contributed by atoms with Crippen molar-refractivity contribution in [3.05, 3.63) is 88.4 Å². The summed E-state index contributed by atoms with van der Waals surface area (Å²) >= 11 is 0. The van der Waals surface area contributed by atoms with E-state index in [9.17, 15) is 9.59 Å². The van der Waals surface area contributed by atoms with Crippen LogP contribution in [0.3, 0.4) is 0 Å². The van der Waals surface area contributed by atoms with Crippen LogP contribution in [0.1, 0.15) is 34.9 Å². The lowest BCUT2D eigenvalue weighted by atomic mass is 10.1. The lowest BCUT2D eigenvalue weighted by Gasteiger charge is -2.30. The van der Waals surface area contributed by atoms with Gasteiger partial charge in [0, 0.05) is 13.1 Å². The minimum atomic E-state index is -0.545. The minimum absolute atomic E-state index is 0.171. The number of para-hydroxylation sites is 1. The summed E-state index contributed by atoms with van der Waals surface area (Å²) in [6.07, 6.45) is 1.56. The van der Waals surface area contributed by atoms with Gasteiger partial charge in [0.1, 0.15) is 23.1 Å². The number of aromatic nitrogens is 2. The highest BCUT2D eigenvalue weighted by molar-refractivity contribution is 5.97. The van der Waals surface area contributed by atoms with E-state index in [0.717, 1.165) is 0 Å². The molecule has 2 aromatic heterocycles. The number of carbonyl (C=O) groups is 1. The number of fused-ring (bicyclic) bond motifs is 1. The average Bonchev–Trinajstić information content (AvgIpc) is 3.37. The molecule has 0 aliphatic heterocycles. The number of nitrogens with zero attached hydrogens (tertiary/aromatic N) is 3. The fraction of sp³-hybridized carbons (Fsp3) is 0.240. The number of carbonyl (C=O) groups excluding carboxylic acids is 1. The SMILES string of the molecule is COc1ccc(C(=O)N(Cc2ccco2)C(C)c2nc3ccccc3c(=O)n2C)c(OC)c1. The maximum atomic E-state index is 13.8. The van der Waals surface area contributed by atoms with Crippen LogP contribution in [0.5, 0.6) is 11.5 Å². The van der Waals surface area contributed by atoms with E-state index in [1.54, 1.807) is 73.9 Å². The van der Waals surface area contributed by atoms with Gasteiger partial charge in [0.15, 0.2) is 0 Å². The van der Waals surface area contributed by atoms with Gasteiger partial charge >= 0.3 is 0 Å². The Labute approximate surface area is 191 Å². The van der Waals surface area contributed by atoms with Gasteiger partial charge in [0.05, 0.1) is 49.5 Å². The van der Waals surface area contributed by atoms with Crippen molar-refractivity contribution in [3.8, 4) is 11.5 Å². The first kappa shape index (κ1) is 22.1. The van der Waals surface area contributed by atoms with Crippen molar-refractivity contribution in [1.82, 2.24) is 14.5 Å². The molecule has 8 heteroatoms. The van der Waals surface area contributed by atoms with Gasteiger partial charge < -0.3 is 18.8 Å². The second-order valence-corrected chi connectivity index (χ2v) is 7.61. The second kappa shape index (κ2) is 9.20. The molecule has 0 N–H and O–H groups in total. The quantitative estimate of drug-likeness (QED) is 0.426. The van der Waals surface area contributed by atoms with Crippen LogP contribution in [0.15, 0.2) is 70.1 Å². The van der Waals surface area contributed by atoms with Crippen LogP contribution < -0.4 is 15.0 Å². The number of furan rings is 1. The molecular weight excluding hydrogens is 422 g/mol. The number of benzene rings is 2. The highest BCUT2D eigenvalue weighted by Gasteiger charge is 2.29. The van der Waals surface area contributed by atoms with Crippen LogP contribution in [-0.4, -0.2) is 34.6 Å². The van der Waals surface area contributed by atoms with Crippen molar-refractivity contribution < 1.29 is 18.7 Å². The molecule has 0 spiro atoms. The van der Waals surface area contributed by atoms with Gasteiger partial charge in [-0.15, -0.1) is 0 Å². The summed E-state index contributed by atoms with van der Waals surface area (Å²) in [5.41, 5.74) is 0.771. The van der Waals surface area contributed by atoms with Crippen molar-refractivity contribution in [3.63, 3.8) is 0 Å². The Hall–Kier alpha value is -4.07. The Bertz CT molecular complexity index is 1340. The van der Waals surface area contributed by atoms with Gasteiger partial charge in [-0.3, -0.25) is 14.2 Å². The number of hydrogen-bond acceptors (Lipinski definition) is 6. The van der Waals surface area contributed by atoms with E-state index in [0.29, 0.717) is 39.6 Å². The van der Waals surface area contributed by atoms with Crippen LogP contribution in [0.25, 0.3) is 10.9 Å². The Morgan fingerprint density at radius 2 is 1.91 bits per heavy atom. The Morgan fingerprint density at radius 3 is 2.61 bits per heavy atom. The molecule has 1 atom stereocenters. The van der Waals surface area contributed by atoms with Crippen molar-refractivity contribution >= 4 is 16.8 Å². The van der Waals surface area contributed by atoms with Crippen molar-refractivity contribution in [2.24, 2.45) is 7.05 Å². The molecule has 0 saturated heterocycles. The van der Waals surface area contributed by atoms with Crippen molar-refractivity contribution in [2.75, 3.05) is 14.2 Å². The van der Waals surface area contributed by atoms with Gasteiger partial charge in [-0.25, -0.2) is 4.98 Å². The topological polar surface area (TPSA) is 86.8 Å². The first-order chi connectivity index (χ1) is 15.9. The predicted molar refractivity (Wildman–Crippen MR) is 124 cm³/mol. The first-order valence-corrected chi connectivity index (χ1v) is 10.5. The monoisotopic (exact) mass is 447 g/mol. The summed E-state index contributed by atoms with van der Waals surface area (Å²) < 4.78 is 17.7. The van der Waals surface area contributed by atoms with E-state index >= 15 is 0 Å². The lowest BCUT2D eigenvalue weighted by Crippen LogP contribution is -2.37. The fourth-order valence-electron chi connectivity index (χ4n) is 3.83. The molecule has 0 radical (unpaired) electrons. The van der Waals surface area contributed by atoms with E-state index in [1.165, 1.54) is 11.7 Å². The summed E-state index contributed by atoms with van der Waals surface area (Å²) in [5, 5.41) is 0.525. The smallest absolute Gasteiger partial charge is 0.261 e. The summed E-state index contributed by atoms with van der Waals surface area (Å²) in [7, 11) is 4.71. The number of methoxy groups -OCH3 is 2. The molecule has 1 amide bonds. The molecule has 0 aliphatic carbocycles. The van der Waals surface area contributed by atoms with E-state index in [1.807, 2.05) is 13.0 Å². The number of ether oxygens (including phenoxy) is 2. The molecule has 2 heterocycles. The van der Waals surface area contributed by atoms with Gasteiger partial charge in [0.25, 0.3) is 11.5 Å². The molecule has 0 fully saturated rings. The molecule has 4 aromatic rings. The number of amides is 1. The van der Waals surface area contributed by atoms with Crippen LogP contribution in [0.4, 0.5) is 0 Å². The van der Waals surface area contributed by atoms with Gasteiger partial charge in [-0.05, 0) is 43.3 Å². The number of rotatable bonds is 7. The zero-order valence-corrected chi connectivity index (χ0v) is 18.9. The van der Waals surface area contributed by atoms with Crippen LogP contribution in [0.2, 0.25) is 0 Å². The maximum absolute atomic E-state index is 13.8. The van der Waals surface area contributed by atoms with Crippen LogP contribution in [-0.2, 0) is 13.6 Å². The molecule has 2 aromatic carbocycles. The third kappa shape index (κ3) is 4.19. The van der Waals surface area contributed by atoms with Crippen molar-refractivity contribution in [1.29, 1.82) is 0 Å². The molecule has 0 saturated carbocycles. The predicted octanol–water partition coefficient (Wildman–Crippen LogP) is 3.95. The zero-order valence-electron chi connectivity index (χ0n) is 18.9. The van der Waals surface area contributed by atoms with E-state index in [4.69, 9.17) is 18.9 Å². The van der Waals surface area contributed by atoms with E-state index in [-0.39, 0.29) is 18.0 Å². The van der Waals surface area contributed by atoms with Gasteiger partial charge in [0.2, 0.25) is 0 Å². The zero-order chi connectivity index (χ0) is 23.5. The maximum Gasteiger partial charge on any atom is 0.261 e. The minimum Gasteiger partial charge on any atom is -0.497 e. The molecule has 4 rings (SSSR count). The normalized spacial score (nSPS) is 11.9. The Balaban J connectivity index is 1.81. The lowest BCUT2D eigenvalue weighted by molar-refractivity contribution is 0.0643. The van der Waals surface area contributed by atoms with E-state index < -0.39 is 6.04 Å². The highest BCUT2D eigenvalue weighted by Crippen LogP contribution is 2.30. The average molecular weight is 447 g/mol. The highest BCUT2D eigenvalue weighted by atomic mass is 16.5. The molecule has 0 bridgehead atoms. The first-order valence-electron chi connectivity index (χ1n) is 10.5. The summed E-state index contributed by atoms with van der Waals surface area (Å²) in [5.74, 6) is 1.74. The number of hydrogen-bond donors (Lipinski definition) is 0. The Morgan fingerprint density at radius 1 is 1.12 bits per heavy atom. The van der Waals surface area contributed by atoms with Gasteiger partial charge in [-0.2, -0.15) is 0 Å². The Kier molecular flexibility index (Phi) is 6.17. The van der Waals surface area contributed by atoms with E-state index in [2.05, 4.69) is 0 Å². The van der Waals surface area contributed by atoms with Crippen LogP contribution >= 0.6 is 0 Å². The molecule has 8 nitrogen and oxygen atoms in total. The third-order valence-corrected chi connectivity index (χ3v) is 5.67.